The summed E-state index contributed by atoms with van der Waals surface area (Å²) in [4.78, 5) is 0. The van der Waals surface area contributed by atoms with E-state index < -0.39 is 0 Å². The van der Waals surface area contributed by atoms with Crippen LogP contribution in [0.25, 0.3) is 0 Å². The van der Waals surface area contributed by atoms with E-state index in [0.717, 1.165) is 18.7 Å². The maximum Gasteiger partial charge on any atom is 0.123 e. The van der Waals surface area contributed by atoms with Crippen LogP contribution in [0.15, 0.2) is 24.3 Å². The highest BCUT2D eigenvalue weighted by atomic mass is 19.1. The average Bonchev–Trinajstić information content (AvgIpc) is 2.67. The topological polar surface area (TPSA) is 12.0 Å². The van der Waals surface area contributed by atoms with Crippen LogP contribution in [0.1, 0.15) is 11.5 Å². The number of alkyl halides is 1. The van der Waals surface area contributed by atoms with Gasteiger partial charge in [-0.05, 0) is 17.7 Å². The van der Waals surface area contributed by atoms with Crippen molar-refractivity contribution in [2.24, 2.45) is 5.92 Å². The van der Waals surface area contributed by atoms with Crippen molar-refractivity contribution in [3.63, 3.8) is 0 Å². The molecule has 1 nitrogen and oxygen atoms in total. The molecule has 1 aliphatic heterocycles. The number of nitrogens with one attached hydrogen (secondary N) is 1. The molecule has 0 bridgehead atoms. The van der Waals surface area contributed by atoms with Gasteiger partial charge in [0.15, 0.2) is 0 Å². The van der Waals surface area contributed by atoms with Crippen molar-refractivity contribution in [3.05, 3.63) is 35.6 Å². The molecule has 0 aliphatic carbocycles. The van der Waals surface area contributed by atoms with Gasteiger partial charge in [-0.3, -0.25) is 4.39 Å². The molecule has 0 amide bonds. The quantitative estimate of drug-likeness (QED) is 0.765. The predicted molar refractivity (Wildman–Crippen MR) is 51.5 cm³/mol. The Morgan fingerprint density at radius 3 is 2.57 bits per heavy atom. The zero-order chi connectivity index (χ0) is 9.97. The van der Waals surface area contributed by atoms with E-state index in [9.17, 15) is 8.78 Å². The van der Waals surface area contributed by atoms with Crippen molar-refractivity contribution in [2.75, 3.05) is 19.8 Å². The fraction of sp³-hybridized carbons (Fsp3) is 0.455. The fourth-order valence-corrected chi connectivity index (χ4v) is 2.00. The Hall–Kier alpha value is -0.960. The lowest BCUT2D eigenvalue weighted by molar-refractivity contribution is 0.358. The Bertz CT molecular complexity index is 297. The van der Waals surface area contributed by atoms with Gasteiger partial charge < -0.3 is 5.32 Å². The molecular formula is C11H13F2N. The summed E-state index contributed by atoms with van der Waals surface area (Å²) in [6.07, 6.45) is 0. The molecule has 1 aromatic rings. The predicted octanol–water partition coefficient (Wildman–Crippen LogP) is 2.10. The number of halogens is 2. The van der Waals surface area contributed by atoms with Crippen molar-refractivity contribution < 1.29 is 8.78 Å². The normalized spacial score (nSPS) is 26.7. The molecule has 1 heterocycles. The summed E-state index contributed by atoms with van der Waals surface area (Å²) in [6, 6.07) is 6.36. The fourth-order valence-electron chi connectivity index (χ4n) is 2.00. The van der Waals surface area contributed by atoms with Crippen LogP contribution >= 0.6 is 0 Å². The number of hydrogen-bond acceptors (Lipinski definition) is 1. The molecule has 76 valence electrons. The van der Waals surface area contributed by atoms with Gasteiger partial charge in [-0.25, -0.2) is 4.39 Å². The highest BCUT2D eigenvalue weighted by Crippen LogP contribution is 2.28. The Kier molecular flexibility index (Phi) is 2.77. The van der Waals surface area contributed by atoms with Crippen LogP contribution < -0.4 is 5.32 Å². The first kappa shape index (κ1) is 9.59. The molecule has 1 saturated heterocycles. The lowest BCUT2D eigenvalue weighted by Crippen LogP contribution is -2.12. The number of benzene rings is 1. The van der Waals surface area contributed by atoms with Gasteiger partial charge in [-0.1, -0.05) is 12.1 Å². The molecule has 0 radical (unpaired) electrons. The maximum atomic E-state index is 12.7. The number of hydrogen-bond donors (Lipinski definition) is 1. The van der Waals surface area contributed by atoms with Gasteiger partial charge >= 0.3 is 0 Å². The van der Waals surface area contributed by atoms with Crippen LogP contribution in [0.4, 0.5) is 8.78 Å². The number of rotatable bonds is 2. The Balaban J connectivity index is 2.17. The lowest BCUT2D eigenvalue weighted by atomic mass is 9.90. The molecule has 2 rings (SSSR count). The molecule has 0 aromatic heterocycles. The zero-order valence-electron chi connectivity index (χ0n) is 7.84. The average molecular weight is 197 g/mol. The van der Waals surface area contributed by atoms with Crippen LogP contribution in [-0.2, 0) is 0 Å². The van der Waals surface area contributed by atoms with E-state index >= 15 is 0 Å². The molecule has 14 heavy (non-hydrogen) atoms. The molecule has 3 heteroatoms. The Morgan fingerprint density at radius 2 is 1.93 bits per heavy atom. The zero-order valence-corrected chi connectivity index (χ0v) is 7.84. The Morgan fingerprint density at radius 1 is 1.21 bits per heavy atom. The van der Waals surface area contributed by atoms with E-state index in [4.69, 9.17) is 0 Å². The van der Waals surface area contributed by atoms with E-state index in [1.807, 2.05) is 0 Å². The summed E-state index contributed by atoms with van der Waals surface area (Å²) in [5.41, 5.74) is 1.03. The first-order valence-corrected chi connectivity index (χ1v) is 4.83. The van der Waals surface area contributed by atoms with Gasteiger partial charge in [0.25, 0.3) is 0 Å². The van der Waals surface area contributed by atoms with Gasteiger partial charge in [-0.2, -0.15) is 0 Å². The van der Waals surface area contributed by atoms with Gasteiger partial charge in [0.1, 0.15) is 5.82 Å². The summed E-state index contributed by atoms with van der Waals surface area (Å²) < 4.78 is 25.3. The highest BCUT2D eigenvalue weighted by molar-refractivity contribution is 5.23. The molecule has 2 atom stereocenters. The third-order valence-corrected chi connectivity index (χ3v) is 2.84. The molecule has 1 aromatic carbocycles. The summed E-state index contributed by atoms with van der Waals surface area (Å²) in [5.74, 6) is -0.00225. The second-order valence-electron chi connectivity index (χ2n) is 3.73. The van der Waals surface area contributed by atoms with Gasteiger partial charge in [0, 0.05) is 24.9 Å². The second-order valence-corrected chi connectivity index (χ2v) is 3.73. The van der Waals surface area contributed by atoms with Crippen molar-refractivity contribution in [3.8, 4) is 0 Å². The smallest absolute Gasteiger partial charge is 0.123 e. The van der Waals surface area contributed by atoms with Crippen LogP contribution in [0.3, 0.4) is 0 Å². The summed E-state index contributed by atoms with van der Waals surface area (Å²) in [6.45, 7) is 1.20. The highest BCUT2D eigenvalue weighted by Gasteiger charge is 2.27. The van der Waals surface area contributed by atoms with E-state index in [0.29, 0.717) is 0 Å². The van der Waals surface area contributed by atoms with Crippen LogP contribution in [0, 0.1) is 11.7 Å². The van der Waals surface area contributed by atoms with Crippen molar-refractivity contribution >= 4 is 0 Å². The van der Waals surface area contributed by atoms with Gasteiger partial charge in [0.2, 0.25) is 0 Å². The SMILES string of the molecule is FCC1CNCC1c1ccc(F)cc1. The van der Waals surface area contributed by atoms with Gasteiger partial charge in [0.05, 0.1) is 6.67 Å². The first-order valence-electron chi connectivity index (χ1n) is 4.83. The molecule has 1 aliphatic rings. The van der Waals surface area contributed by atoms with E-state index in [2.05, 4.69) is 5.32 Å². The van der Waals surface area contributed by atoms with E-state index in [1.54, 1.807) is 12.1 Å². The monoisotopic (exact) mass is 197 g/mol. The molecule has 2 unspecified atom stereocenters. The third-order valence-electron chi connectivity index (χ3n) is 2.84. The second kappa shape index (κ2) is 4.05. The summed E-state index contributed by atoms with van der Waals surface area (Å²) in [5, 5.41) is 3.15. The largest absolute Gasteiger partial charge is 0.316 e. The van der Waals surface area contributed by atoms with E-state index in [1.165, 1.54) is 12.1 Å². The minimum Gasteiger partial charge on any atom is -0.316 e. The minimum atomic E-state index is -0.310. The molecular weight excluding hydrogens is 184 g/mol. The lowest BCUT2D eigenvalue weighted by Gasteiger charge is -2.15. The van der Waals surface area contributed by atoms with Gasteiger partial charge in [-0.15, -0.1) is 0 Å². The van der Waals surface area contributed by atoms with E-state index in [-0.39, 0.29) is 24.3 Å². The maximum absolute atomic E-state index is 12.7. The van der Waals surface area contributed by atoms with Crippen molar-refractivity contribution in [1.29, 1.82) is 0 Å². The van der Waals surface area contributed by atoms with Crippen LogP contribution in [-0.4, -0.2) is 19.8 Å². The standard InChI is InChI=1S/C11H13F2N/c12-5-9-6-14-7-11(9)8-1-3-10(13)4-2-8/h1-4,9,11,14H,5-7H2. The van der Waals surface area contributed by atoms with Crippen LogP contribution in [0.2, 0.25) is 0 Å². The third kappa shape index (κ3) is 1.77. The molecule has 1 fully saturated rings. The molecule has 1 N–H and O–H groups in total. The van der Waals surface area contributed by atoms with Crippen LogP contribution in [0.5, 0.6) is 0 Å². The first-order chi connectivity index (χ1) is 6.81. The minimum absolute atomic E-state index is 0.0421. The summed E-state index contributed by atoms with van der Waals surface area (Å²) >= 11 is 0. The summed E-state index contributed by atoms with van der Waals surface area (Å²) in [7, 11) is 0. The Labute approximate surface area is 82.1 Å². The van der Waals surface area contributed by atoms with Crippen molar-refractivity contribution in [1.82, 2.24) is 5.32 Å². The van der Waals surface area contributed by atoms with Crippen molar-refractivity contribution in [2.45, 2.75) is 5.92 Å². The molecule has 0 saturated carbocycles. The molecule has 0 spiro atoms.